The first-order valence-corrected chi connectivity index (χ1v) is 11.2. The molecule has 0 aliphatic carbocycles. The monoisotopic (exact) mass is 445 g/mol. The van der Waals surface area contributed by atoms with Gasteiger partial charge in [0.25, 0.3) is 0 Å². The molecule has 3 atom stereocenters. The number of carbonyl (C=O) groups is 1. The van der Waals surface area contributed by atoms with Crippen molar-refractivity contribution in [1.29, 1.82) is 0 Å². The highest BCUT2D eigenvalue weighted by Gasteiger charge is 2.28. The molecule has 3 rings (SSSR count). The maximum atomic E-state index is 12.9. The molecule has 2 aromatic rings. The number of aromatic nitrogens is 3. The number of hydrogen-bond donors (Lipinski definition) is 2. The Hall–Kier alpha value is -2.49. The Kier molecular flexibility index (Phi) is 8.60. The molecule has 1 aliphatic heterocycles. The number of rotatable bonds is 6. The number of amides is 1. The smallest absolute Gasteiger partial charge is 0.222 e. The largest absolute Gasteiger partial charge is 0.508 e. The van der Waals surface area contributed by atoms with Gasteiger partial charge in [-0.3, -0.25) is 14.4 Å². The van der Waals surface area contributed by atoms with Crippen molar-refractivity contribution in [3.8, 4) is 5.75 Å². The minimum absolute atomic E-state index is 0.0363. The third kappa shape index (κ3) is 6.75. The van der Waals surface area contributed by atoms with Gasteiger partial charge in [-0.1, -0.05) is 24.3 Å². The normalized spacial score (nSPS) is 21.7. The van der Waals surface area contributed by atoms with Gasteiger partial charge in [0.1, 0.15) is 11.4 Å². The standard InChI is InChI=1S/C23H35N5O4/c1-17-11-28(18(2)15-29)23(31)5-4-10-27-13-20(24-25-27)16-32-22(17)14-26(3)12-19-6-8-21(30)9-7-19/h6-9,13,17-18,22,29-30H,4-5,10-12,14-16H2,1-3H3/t17-,18+,22+/m0/s1. The maximum Gasteiger partial charge on any atom is 0.222 e. The van der Waals surface area contributed by atoms with Crippen molar-refractivity contribution in [2.75, 3.05) is 26.7 Å². The molecule has 0 radical (unpaired) electrons. The molecule has 1 aliphatic rings. The second-order valence-electron chi connectivity index (χ2n) is 8.84. The van der Waals surface area contributed by atoms with Crippen LogP contribution in [0.1, 0.15) is 37.9 Å². The van der Waals surface area contributed by atoms with Crippen LogP contribution in [0.5, 0.6) is 5.75 Å². The number of phenolic OH excluding ortho intramolecular Hbond substituents is 1. The number of benzene rings is 1. The van der Waals surface area contributed by atoms with Gasteiger partial charge in [0.2, 0.25) is 5.91 Å². The first-order chi connectivity index (χ1) is 15.4. The minimum Gasteiger partial charge on any atom is -0.508 e. The Bertz CT molecular complexity index is 856. The van der Waals surface area contributed by atoms with E-state index in [1.54, 1.807) is 21.7 Å². The number of nitrogens with zero attached hydrogens (tertiary/aromatic N) is 5. The summed E-state index contributed by atoms with van der Waals surface area (Å²) in [7, 11) is 2.03. The van der Waals surface area contributed by atoms with Gasteiger partial charge in [0, 0.05) is 38.5 Å². The molecule has 1 amide bonds. The van der Waals surface area contributed by atoms with Crippen molar-refractivity contribution in [3.05, 3.63) is 41.7 Å². The third-order valence-electron chi connectivity index (χ3n) is 5.93. The molecule has 0 fully saturated rings. The van der Waals surface area contributed by atoms with E-state index >= 15 is 0 Å². The van der Waals surface area contributed by atoms with Gasteiger partial charge in [-0.05, 0) is 38.1 Å². The van der Waals surface area contributed by atoms with Crippen LogP contribution in [-0.4, -0.2) is 79.8 Å². The fourth-order valence-corrected chi connectivity index (χ4v) is 3.98. The molecule has 0 saturated heterocycles. The molecule has 9 nitrogen and oxygen atoms in total. The number of carbonyl (C=O) groups excluding carboxylic acids is 1. The Balaban J connectivity index is 1.75. The highest BCUT2D eigenvalue weighted by atomic mass is 16.5. The van der Waals surface area contributed by atoms with E-state index in [-0.39, 0.29) is 36.3 Å². The van der Waals surface area contributed by atoms with E-state index in [9.17, 15) is 15.0 Å². The summed E-state index contributed by atoms with van der Waals surface area (Å²) < 4.78 is 8.04. The second kappa shape index (κ2) is 11.4. The Morgan fingerprint density at radius 3 is 2.78 bits per heavy atom. The predicted molar refractivity (Wildman–Crippen MR) is 120 cm³/mol. The van der Waals surface area contributed by atoms with Crippen LogP contribution in [-0.2, 0) is 29.2 Å². The molecule has 0 spiro atoms. The van der Waals surface area contributed by atoms with Crippen molar-refractivity contribution in [3.63, 3.8) is 0 Å². The highest BCUT2D eigenvalue weighted by Crippen LogP contribution is 2.18. The predicted octanol–water partition coefficient (Wildman–Crippen LogP) is 1.64. The molecule has 1 aromatic heterocycles. The van der Waals surface area contributed by atoms with Crippen LogP contribution in [0.25, 0.3) is 0 Å². The van der Waals surface area contributed by atoms with Crippen LogP contribution in [0.15, 0.2) is 30.5 Å². The molecule has 1 aromatic carbocycles. The molecular formula is C23H35N5O4. The molecule has 2 heterocycles. The quantitative estimate of drug-likeness (QED) is 0.697. The van der Waals surface area contributed by atoms with E-state index in [4.69, 9.17) is 4.74 Å². The summed E-state index contributed by atoms with van der Waals surface area (Å²) in [6.45, 7) is 6.74. The lowest BCUT2D eigenvalue weighted by Crippen LogP contribution is -2.47. The summed E-state index contributed by atoms with van der Waals surface area (Å²) >= 11 is 0. The lowest BCUT2D eigenvalue weighted by Gasteiger charge is -2.35. The highest BCUT2D eigenvalue weighted by molar-refractivity contribution is 5.76. The fraction of sp³-hybridized carbons (Fsp3) is 0.609. The average Bonchev–Trinajstić information content (AvgIpc) is 3.23. The zero-order chi connectivity index (χ0) is 23.1. The summed E-state index contributed by atoms with van der Waals surface area (Å²) in [5.74, 6) is 0.333. The number of fused-ring (bicyclic) bond motifs is 2. The molecule has 9 heteroatoms. The summed E-state index contributed by atoms with van der Waals surface area (Å²) in [5.41, 5.74) is 1.87. The number of phenols is 1. The van der Waals surface area contributed by atoms with Gasteiger partial charge in [-0.2, -0.15) is 0 Å². The lowest BCUT2D eigenvalue weighted by molar-refractivity contribution is -0.136. The minimum atomic E-state index is -0.247. The zero-order valence-electron chi connectivity index (χ0n) is 19.2. The van der Waals surface area contributed by atoms with Gasteiger partial charge in [0.05, 0.1) is 31.6 Å². The first kappa shape index (κ1) is 24.2. The van der Waals surface area contributed by atoms with Crippen LogP contribution in [0.2, 0.25) is 0 Å². The van der Waals surface area contributed by atoms with E-state index in [1.165, 1.54) is 0 Å². The van der Waals surface area contributed by atoms with E-state index in [1.807, 2.05) is 32.3 Å². The molecule has 2 N–H and O–H groups in total. The van der Waals surface area contributed by atoms with E-state index < -0.39 is 0 Å². The number of aryl methyl sites for hydroxylation is 1. The molecule has 0 unspecified atom stereocenters. The van der Waals surface area contributed by atoms with Crippen LogP contribution < -0.4 is 0 Å². The number of hydrogen-bond acceptors (Lipinski definition) is 7. The van der Waals surface area contributed by atoms with E-state index in [0.717, 1.165) is 11.3 Å². The maximum absolute atomic E-state index is 12.9. The number of ether oxygens (including phenoxy) is 1. The Morgan fingerprint density at radius 1 is 1.31 bits per heavy atom. The summed E-state index contributed by atoms with van der Waals surface area (Å²) in [5, 5.41) is 27.6. The summed E-state index contributed by atoms with van der Waals surface area (Å²) in [6, 6.07) is 6.93. The summed E-state index contributed by atoms with van der Waals surface area (Å²) in [6.07, 6.45) is 2.80. The van der Waals surface area contributed by atoms with Crippen molar-refractivity contribution < 1.29 is 19.7 Å². The van der Waals surface area contributed by atoms with Crippen molar-refractivity contribution in [2.24, 2.45) is 5.92 Å². The molecule has 2 bridgehead atoms. The van der Waals surface area contributed by atoms with Gasteiger partial charge in [0.15, 0.2) is 0 Å². The van der Waals surface area contributed by atoms with Gasteiger partial charge in [-0.25, -0.2) is 0 Å². The lowest BCUT2D eigenvalue weighted by atomic mass is 10.0. The Labute approximate surface area is 189 Å². The van der Waals surface area contributed by atoms with Crippen LogP contribution in [0, 0.1) is 5.92 Å². The summed E-state index contributed by atoms with van der Waals surface area (Å²) in [4.78, 5) is 16.9. The first-order valence-electron chi connectivity index (χ1n) is 11.2. The van der Waals surface area contributed by atoms with E-state index in [0.29, 0.717) is 45.6 Å². The average molecular weight is 446 g/mol. The molecule has 0 saturated carbocycles. The number of aromatic hydroxyl groups is 1. The fourth-order valence-electron chi connectivity index (χ4n) is 3.98. The van der Waals surface area contributed by atoms with Gasteiger partial charge < -0.3 is 19.8 Å². The van der Waals surface area contributed by atoms with Crippen molar-refractivity contribution in [1.82, 2.24) is 24.8 Å². The van der Waals surface area contributed by atoms with Crippen LogP contribution >= 0.6 is 0 Å². The number of likely N-dealkylation sites (N-methyl/N-ethyl adjacent to an activating group) is 1. The molecular weight excluding hydrogens is 410 g/mol. The van der Waals surface area contributed by atoms with Crippen LogP contribution in [0.3, 0.4) is 0 Å². The third-order valence-corrected chi connectivity index (χ3v) is 5.93. The second-order valence-corrected chi connectivity index (χ2v) is 8.84. The van der Waals surface area contributed by atoms with E-state index in [2.05, 4.69) is 22.1 Å². The SMILES string of the molecule is C[C@H](CO)N1C[C@H](C)[C@@H](CN(C)Cc2ccc(O)cc2)OCc2cn(nn2)CCCC1=O. The van der Waals surface area contributed by atoms with Gasteiger partial charge >= 0.3 is 0 Å². The zero-order valence-corrected chi connectivity index (χ0v) is 19.2. The van der Waals surface area contributed by atoms with Crippen molar-refractivity contribution in [2.45, 2.75) is 58.5 Å². The topological polar surface area (TPSA) is 104 Å². The molecule has 176 valence electrons. The van der Waals surface area contributed by atoms with Crippen LogP contribution in [0.4, 0.5) is 0 Å². The number of aliphatic hydroxyl groups is 1. The number of aliphatic hydroxyl groups excluding tert-OH is 1. The van der Waals surface area contributed by atoms with Crippen molar-refractivity contribution >= 4 is 5.91 Å². The molecule has 32 heavy (non-hydrogen) atoms. The van der Waals surface area contributed by atoms with Gasteiger partial charge in [-0.15, -0.1) is 5.10 Å². The Morgan fingerprint density at radius 2 is 2.06 bits per heavy atom.